The fraction of sp³-hybridized carbons (Fsp3) is 0.318. The molecule has 0 saturated carbocycles. The minimum Gasteiger partial charge on any atom is -0.480 e. The van der Waals surface area contributed by atoms with Crippen LogP contribution in [0.2, 0.25) is 0 Å². The van der Waals surface area contributed by atoms with Crippen LogP contribution >= 0.6 is 0 Å². The number of nitrogens with zero attached hydrogens (tertiary/aromatic N) is 2. The number of carboxylic acid groups (broad SMARTS) is 2. The summed E-state index contributed by atoms with van der Waals surface area (Å²) >= 11 is 0. The molecule has 7 heteroatoms. The molecule has 152 valence electrons. The van der Waals surface area contributed by atoms with Gasteiger partial charge >= 0.3 is 11.9 Å². The van der Waals surface area contributed by atoms with Crippen LogP contribution in [0.25, 0.3) is 0 Å². The van der Waals surface area contributed by atoms with Crippen molar-refractivity contribution in [2.75, 3.05) is 22.9 Å². The van der Waals surface area contributed by atoms with Gasteiger partial charge in [-0.05, 0) is 43.0 Å². The van der Waals surface area contributed by atoms with Gasteiger partial charge in [0.2, 0.25) is 5.54 Å². The summed E-state index contributed by atoms with van der Waals surface area (Å²) < 4.78 is 0. The predicted octanol–water partition coefficient (Wildman–Crippen LogP) is 2.79. The van der Waals surface area contributed by atoms with Gasteiger partial charge in [0.1, 0.15) is 6.54 Å². The maximum absolute atomic E-state index is 13.7. The molecule has 1 heterocycles. The molecule has 2 aromatic rings. The third kappa shape index (κ3) is 3.68. The Kier molecular flexibility index (Phi) is 5.87. The van der Waals surface area contributed by atoms with Crippen molar-refractivity contribution in [3.8, 4) is 0 Å². The molecule has 29 heavy (non-hydrogen) atoms. The highest BCUT2D eigenvalue weighted by atomic mass is 16.4. The summed E-state index contributed by atoms with van der Waals surface area (Å²) in [6, 6.07) is 15.9. The van der Waals surface area contributed by atoms with E-state index in [2.05, 4.69) is 0 Å². The Morgan fingerprint density at radius 1 is 1.07 bits per heavy atom. The second-order valence-electron chi connectivity index (χ2n) is 7.07. The van der Waals surface area contributed by atoms with Crippen molar-refractivity contribution in [3.63, 3.8) is 0 Å². The summed E-state index contributed by atoms with van der Waals surface area (Å²) in [7, 11) is 0. The lowest BCUT2D eigenvalue weighted by Gasteiger charge is -2.42. The van der Waals surface area contributed by atoms with Crippen LogP contribution in [0.4, 0.5) is 11.4 Å². The predicted molar refractivity (Wildman–Crippen MR) is 109 cm³/mol. The molecule has 3 rings (SSSR count). The van der Waals surface area contributed by atoms with Gasteiger partial charge in [0.15, 0.2) is 0 Å². The number of carbonyl (C=O) groups excluding carboxylic acids is 1. The summed E-state index contributed by atoms with van der Waals surface area (Å²) in [4.78, 5) is 40.6. The van der Waals surface area contributed by atoms with Crippen molar-refractivity contribution in [3.05, 3.63) is 60.2 Å². The van der Waals surface area contributed by atoms with Crippen LogP contribution in [-0.4, -0.2) is 46.7 Å². The summed E-state index contributed by atoms with van der Waals surface area (Å²) in [6.45, 7) is 1.66. The fourth-order valence-corrected chi connectivity index (χ4v) is 3.97. The first-order valence-electron chi connectivity index (χ1n) is 9.59. The summed E-state index contributed by atoms with van der Waals surface area (Å²) in [5.74, 6) is -3.20. The van der Waals surface area contributed by atoms with Gasteiger partial charge in [-0.2, -0.15) is 0 Å². The molecule has 0 aromatic heterocycles. The highest BCUT2D eigenvalue weighted by Crippen LogP contribution is 2.37. The van der Waals surface area contributed by atoms with Gasteiger partial charge in [-0.15, -0.1) is 0 Å². The van der Waals surface area contributed by atoms with Gasteiger partial charge in [-0.1, -0.05) is 43.3 Å². The van der Waals surface area contributed by atoms with E-state index in [1.54, 1.807) is 47.4 Å². The van der Waals surface area contributed by atoms with Gasteiger partial charge < -0.3 is 15.1 Å². The van der Waals surface area contributed by atoms with Crippen molar-refractivity contribution in [1.29, 1.82) is 0 Å². The molecule has 1 aliphatic rings. The van der Waals surface area contributed by atoms with Crippen molar-refractivity contribution in [1.82, 2.24) is 0 Å². The SMILES string of the molecule is CCCN(c1ccccc1)[C@@]1(C(=O)O)CCc2ccccc2N(CC(=O)O)C1=O. The van der Waals surface area contributed by atoms with E-state index in [9.17, 15) is 24.6 Å². The molecule has 7 nitrogen and oxygen atoms in total. The van der Waals surface area contributed by atoms with E-state index in [1.165, 1.54) is 0 Å². The quantitative estimate of drug-likeness (QED) is 0.699. The average molecular weight is 396 g/mol. The molecule has 1 atom stereocenters. The normalized spacial score (nSPS) is 18.7. The molecular weight excluding hydrogens is 372 g/mol. The highest BCUT2D eigenvalue weighted by Gasteiger charge is 2.54. The zero-order valence-electron chi connectivity index (χ0n) is 16.2. The largest absolute Gasteiger partial charge is 0.480 e. The zero-order chi connectivity index (χ0) is 21.0. The Bertz CT molecular complexity index is 914. The Morgan fingerprint density at radius 2 is 1.72 bits per heavy atom. The number of rotatable bonds is 7. The smallest absolute Gasteiger partial charge is 0.339 e. The molecule has 0 fully saturated rings. The van der Waals surface area contributed by atoms with E-state index in [1.807, 2.05) is 19.1 Å². The number of aliphatic carboxylic acids is 2. The monoisotopic (exact) mass is 396 g/mol. The fourth-order valence-electron chi connectivity index (χ4n) is 3.97. The maximum Gasteiger partial charge on any atom is 0.339 e. The lowest BCUT2D eigenvalue weighted by Crippen LogP contribution is -2.65. The molecule has 2 N–H and O–H groups in total. The lowest BCUT2D eigenvalue weighted by molar-refractivity contribution is -0.149. The number of carbonyl (C=O) groups is 3. The average Bonchev–Trinajstić information content (AvgIpc) is 2.83. The molecule has 0 unspecified atom stereocenters. The van der Waals surface area contributed by atoms with Crippen molar-refractivity contribution < 1.29 is 24.6 Å². The maximum atomic E-state index is 13.7. The molecule has 1 amide bonds. The number of benzene rings is 2. The lowest BCUT2D eigenvalue weighted by atomic mass is 9.88. The van der Waals surface area contributed by atoms with Crippen LogP contribution in [-0.2, 0) is 20.8 Å². The number of amides is 1. The second kappa shape index (κ2) is 8.34. The molecule has 1 aliphatic heterocycles. The van der Waals surface area contributed by atoms with E-state index < -0.39 is 29.9 Å². The van der Waals surface area contributed by atoms with Crippen LogP contribution < -0.4 is 9.80 Å². The summed E-state index contributed by atoms with van der Waals surface area (Å²) in [5.41, 5.74) is -0.0696. The number of aryl methyl sites for hydroxylation is 1. The van der Waals surface area contributed by atoms with Crippen LogP contribution in [0.1, 0.15) is 25.3 Å². The van der Waals surface area contributed by atoms with E-state index in [0.717, 1.165) is 10.5 Å². The first-order chi connectivity index (χ1) is 13.9. The van der Waals surface area contributed by atoms with Crippen LogP contribution in [0, 0.1) is 0 Å². The van der Waals surface area contributed by atoms with Crippen LogP contribution in [0.5, 0.6) is 0 Å². The van der Waals surface area contributed by atoms with Crippen LogP contribution in [0.15, 0.2) is 54.6 Å². The second-order valence-corrected chi connectivity index (χ2v) is 7.07. The number of fused-ring (bicyclic) bond motifs is 1. The number of anilines is 2. The summed E-state index contributed by atoms with van der Waals surface area (Å²) in [5, 5.41) is 19.8. The molecule has 0 radical (unpaired) electrons. The molecule has 0 aliphatic carbocycles. The van der Waals surface area contributed by atoms with E-state index in [0.29, 0.717) is 30.8 Å². The standard InChI is InChI=1S/C22H24N2O5/c1-2-14-24(17-9-4-3-5-10-17)22(21(28)29)13-12-16-8-6-7-11-18(16)23(20(22)27)15-19(25)26/h3-11H,2,12-15H2,1H3,(H,25,26)(H,28,29)/t22-/m0/s1. The summed E-state index contributed by atoms with van der Waals surface area (Å²) in [6.07, 6.45) is 1.02. The molecule has 2 aromatic carbocycles. The first kappa shape index (κ1) is 20.4. The van der Waals surface area contributed by atoms with Gasteiger partial charge in [0.05, 0.1) is 0 Å². The first-order valence-corrected chi connectivity index (χ1v) is 9.59. The number of carboxylic acids is 2. The topological polar surface area (TPSA) is 98.2 Å². The van der Waals surface area contributed by atoms with Gasteiger partial charge in [-0.3, -0.25) is 14.5 Å². The number of hydrogen-bond acceptors (Lipinski definition) is 4. The Hall–Kier alpha value is -3.35. The van der Waals surface area contributed by atoms with E-state index in [4.69, 9.17) is 0 Å². The van der Waals surface area contributed by atoms with Gasteiger partial charge in [-0.25, -0.2) is 4.79 Å². The third-order valence-electron chi connectivity index (χ3n) is 5.26. The Morgan fingerprint density at radius 3 is 2.34 bits per heavy atom. The molecule has 0 saturated heterocycles. The molecular formula is C22H24N2O5. The zero-order valence-corrected chi connectivity index (χ0v) is 16.2. The Balaban J connectivity index is 2.20. The number of para-hydroxylation sites is 2. The van der Waals surface area contributed by atoms with E-state index >= 15 is 0 Å². The van der Waals surface area contributed by atoms with Gasteiger partial charge in [0, 0.05) is 17.9 Å². The molecule has 0 spiro atoms. The Labute approximate surface area is 169 Å². The van der Waals surface area contributed by atoms with Crippen molar-refractivity contribution in [2.24, 2.45) is 0 Å². The van der Waals surface area contributed by atoms with Crippen LogP contribution in [0.3, 0.4) is 0 Å². The minimum atomic E-state index is -1.90. The van der Waals surface area contributed by atoms with Crippen molar-refractivity contribution in [2.45, 2.75) is 31.7 Å². The highest BCUT2D eigenvalue weighted by molar-refractivity contribution is 6.18. The van der Waals surface area contributed by atoms with E-state index in [-0.39, 0.29) is 6.42 Å². The van der Waals surface area contributed by atoms with Crippen molar-refractivity contribution >= 4 is 29.2 Å². The number of hydrogen-bond donors (Lipinski definition) is 2. The third-order valence-corrected chi connectivity index (χ3v) is 5.26. The van der Waals surface area contributed by atoms with Gasteiger partial charge in [0.25, 0.3) is 5.91 Å². The molecule has 0 bridgehead atoms. The minimum absolute atomic E-state index is 0.0448.